The van der Waals surface area contributed by atoms with Crippen LogP contribution >= 0.6 is 11.3 Å². The van der Waals surface area contributed by atoms with Gasteiger partial charge >= 0.3 is 0 Å². The summed E-state index contributed by atoms with van der Waals surface area (Å²) in [6.07, 6.45) is 0. The van der Waals surface area contributed by atoms with E-state index in [4.69, 9.17) is 5.73 Å². The highest BCUT2D eigenvalue weighted by atomic mass is 32.1. The molecule has 1 aromatic rings. The van der Waals surface area contributed by atoms with E-state index in [2.05, 4.69) is 15.6 Å². The van der Waals surface area contributed by atoms with E-state index in [1.54, 1.807) is 12.3 Å². The molecule has 1 aromatic heterocycles. The predicted molar refractivity (Wildman–Crippen MR) is 74.9 cm³/mol. The van der Waals surface area contributed by atoms with Crippen molar-refractivity contribution < 1.29 is 9.59 Å². The van der Waals surface area contributed by atoms with Gasteiger partial charge in [-0.15, -0.1) is 11.3 Å². The number of nitrogens with zero attached hydrogens (tertiary/aromatic N) is 1. The van der Waals surface area contributed by atoms with Crippen molar-refractivity contribution in [1.82, 2.24) is 15.6 Å². The molecule has 0 aliphatic heterocycles. The van der Waals surface area contributed by atoms with Crippen LogP contribution in [0.3, 0.4) is 0 Å². The van der Waals surface area contributed by atoms with Crippen LogP contribution in [0, 0.1) is 0 Å². The number of aromatic nitrogens is 1. The van der Waals surface area contributed by atoms with Crippen LogP contribution in [0.25, 0.3) is 0 Å². The molecule has 0 aliphatic rings. The summed E-state index contributed by atoms with van der Waals surface area (Å²) in [5.74, 6) is -0.601. The van der Waals surface area contributed by atoms with E-state index in [0.29, 0.717) is 10.7 Å². The molecule has 7 heteroatoms. The maximum atomic E-state index is 11.8. The van der Waals surface area contributed by atoms with Crippen molar-refractivity contribution in [3.8, 4) is 0 Å². The summed E-state index contributed by atoms with van der Waals surface area (Å²) < 4.78 is 0. The zero-order valence-electron chi connectivity index (χ0n) is 11.6. The van der Waals surface area contributed by atoms with Gasteiger partial charge in [-0.3, -0.25) is 9.59 Å². The molecule has 106 valence electrons. The van der Waals surface area contributed by atoms with E-state index < -0.39 is 0 Å². The molecule has 1 atom stereocenters. The molecule has 0 aliphatic carbocycles. The molecule has 2 amide bonds. The van der Waals surface area contributed by atoms with Gasteiger partial charge in [-0.1, -0.05) is 0 Å². The summed E-state index contributed by atoms with van der Waals surface area (Å²) in [4.78, 5) is 27.4. The van der Waals surface area contributed by atoms with Crippen LogP contribution in [-0.4, -0.2) is 28.9 Å². The normalized spacial score (nSPS) is 12.9. The number of nitrogens with two attached hydrogens (primary N) is 1. The molecule has 0 fully saturated rings. The third-order valence-electron chi connectivity index (χ3n) is 2.07. The van der Waals surface area contributed by atoms with Gasteiger partial charge in [0.1, 0.15) is 10.7 Å². The van der Waals surface area contributed by atoms with Gasteiger partial charge in [-0.2, -0.15) is 0 Å². The van der Waals surface area contributed by atoms with Crippen molar-refractivity contribution in [2.45, 2.75) is 39.3 Å². The Morgan fingerprint density at radius 3 is 2.58 bits per heavy atom. The monoisotopic (exact) mass is 284 g/mol. The van der Waals surface area contributed by atoms with Crippen molar-refractivity contribution in [3.63, 3.8) is 0 Å². The first kappa shape index (κ1) is 15.6. The lowest BCUT2D eigenvalue weighted by Crippen LogP contribution is -2.45. The maximum Gasteiger partial charge on any atom is 0.271 e. The van der Waals surface area contributed by atoms with Crippen LogP contribution in [-0.2, 0) is 4.79 Å². The van der Waals surface area contributed by atoms with Gasteiger partial charge in [0.15, 0.2) is 0 Å². The fourth-order valence-corrected chi connectivity index (χ4v) is 2.07. The Labute approximate surface area is 116 Å². The standard InChI is InChI=1S/C12H20N4O2S/c1-7(13)11-15-8(6-19-11)10(18)14-5-9(17)16-12(2,3)4/h6-7H,5,13H2,1-4H3,(H,14,18)(H,16,17). The highest BCUT2D eigenvalue weighted by Gasteiger charge is 2.16. The largest absolute Gasteiger partial charge is 0.350 e. The second kappa shape index (κ2) is 6.12. The molecule has 0 spiro atoms. The van der Waals surface area contributed by atoms with E-state index in [1.165, 1.54) is 11.3 Å². The first-order valence-electron chi connectivity index (χ1n) is 5.99. The van der Waals surface area contributed by atoms with E-state index in [-0.39, 0.29) is 29.9 Å². The molecule has 0 radical (unpaired) electrons. The number of carbonyl (C=O) groups is 2. The van der Waals surface area contributed by atoms with Crippen LogP contribution in [0.4, 0.5) is 0 Å². The van der Waals surface area contributed by atoms with Crippen molar-refractivity contribution >= 4 is 23.2 Å². The average Bonchev–Trinajstić information content (AvgIpc) is 2.72. The number of hydrogen-bond donors (Lipinski definition) is 3. The Bertz CT molecular complexity index is 463. The number of rotatable bonds is 4. The molecule has 0 aromatic carbocycles. The van der Waals surface area contributed by atoms with Gasteiger partial charge < -0.3 is 16.4 Å². The molecule has 1 heterocycles. The molecule has 0 saturated heterocycles. The Morgan fingerprint density at radius 2 is 2.11 bits per heavy atom. The second-order valence-corrected chi connectivity index (χ2v) is 6.23. The summed E-state index contributed by atoms with van der Waals surface area (Å²) >= 11 is 1.33. The topological polar surface area (TPSA) is 97.1 Å². The third kappa shape index (κ3) is 5.35. The average molecular weight is 284 g/mol. The quantitative estimate of drug-likeness (QED) is 0.762. The van der Waals surface area contributed by atoms with Crippen LogP contribution in [0.5, 0.6) is 0 Å². The highest BCUT2D eigenvalue weighted by Crippen LogP contribution is 2.15. The molecule has 6 nitrogen and oxygen atoms in total. The maximum absolute atomic E-state index is 11.8. The summed E-state index contributed by atoms with van der Waals surface area (Å²) in [7, 11) is 0. The lowest BCUT2D eigenvalue weighted by atomic mass is 10.1. The zero-order chi connectivity index (χ0) is 14.6. The Kier molecular flexibility index (Phi) is 5.02. The van der Waals surface area contributed by atoms with Crippen molar-refractivity contribution in [2.24, 2.45) is 5.73 Å². The van der Waals surface area contributed by atoms with E-state index in [1.807, 2.05) is 20.8 Å². The van der Waals surface area contributed by atoms with Crippen LogP contribution in [0.1, 0.15) is 49.2 Å². The molecule has 1 rings (SSSR count). The summed E-state index contributed by atoms with van der Waals surface area (Å²) in [6.45, 7) is 7.37. The number of amides is 2. The van der Waals surface area contributed by atoms with Crippen LogP contribution in [0.15, 0.2) is 5.38 Å². The summed E-state index contributed by atoms with van der Waals surface area (Å²) in [6, 6.07) is -0.198. The molecule has 1 unspecified atom stereocenters. The van der Waals surface area contributed by atoms with Gasteiger partial charge in [0.05, 0.1) is 12.6 Å². The zero-order valence-corrected chi connectivity index (χ0v) is 12.4. The molecular weight excluding hydrogens is 264 g/mol. The fraction of sp³-hybridized carbons (Fsp3) is 0.583. The lowest BCUT2D eigenvalue weighted by Gasteiger charge is -2.20. The molecular formula is C12H20N4O2S. The molecule has 4 N–H and O–H groups in total. The summed E-state index contributed by atoms with van der Waals surface area (Å²) in [5, 5.41) is 7.62. The van der Waals surface area contributed by atoms with Crippen molar-refractivity contribution in [1.29, 1.82) is 0 Å². The summed E-state index contributed by atoms with van der Waals surface area (Å²) in [5.41, 5.74) is 5.65. The number of thiazole rings is 1. The minimum atomic E-state index is -0.368. The Hall–Kier alpha value is -1.47. The molecule has 19 heavy (non-hydrogen) atoms. The minimum Gasteiger partial charge on any atom is -0.350 e. The fourth-order valence-electron chi connectivity index (χ4n) is 1.31. The van der Waals surface area contributed by atoms with Crippen LogP contribution < -0.4 is 16.4 Å². The molecule has 0 saturated carbocycles. The highest BCUT2D eigenvalue weighted by molar-refractivity contribution is 7.09. The molecule has 0 bridgehead atoms. The Balaban J connectivity index is 2.49. The van der Waals surface area contributed by atoms with Crippen LogP contribution in [0.2, 0.25) is 0 Å². The van der Waals surface area contributed by atoms with Gasteiger partial charge in [0.2, 0.25) is 5.91 Å². The SMILES string of the molecule is CC(N)c1nc(C(=O)NCC(=O)NC(C)(C)C)cs1. The van der Waals surface area contributed by atoms with Gasteiger partial charge in [0, 0.05) is 10.9 Å². The lowest BCUT2D eigenvalue weighted by molar-refractivity contribution is -0.121. The smallest absolute Gasteiger partial charge is 0.271 e. The van der Waals surface area contributed by atoms with Gasteiger partial charge in [0.25, 0.3) is 5.91 Å². The van der Waals surface area contributed by atoms with E-state index >= 15 is 0 Å². The van der Waals surface area contributed by atoms with Crippen molar-refractivity contribution in [2.75, 3.05) is 6.54 Å². The number of carbonyl (C=O) groups excluding carboxylic acids is 2. The van der Waals surface area contributed by atoms with Gasteiger partial charge in [-0.05, 0) is 27.7 Å². The predicted octanol–water partition coefficient (Wildman–Crippen LogP) is 0.807. The van der Waals surface area contributed by atoms with E-state index in [9.17, 15) is 9.59 Å². The van der Waals surface area contributed by atoms with Gasteiger partial charge in [-0.25, -0.2) is 4.98 Å². The first-order chi connectivity index (χ1) is 8.69. The van der Waals surface area contributed by atoms with Crippen molar-refractivity contribution in [3.05, 3.63) is 16.1 Å². The second-order valence-electron chi connectivity index (χ2n) is 5.34. The Morgan fingerprint density at radius 1 is 1.47 bits per heavy atom. The number of hydrogen-bond acceptors (Lipinski definition) is 5. The van der Waals surface area contributed by atoms with E-state index in [0.717, 1.165) is 0 Å². The first-order valence-corrected chi connectivity index (χ1v) is 6.87. The minimum absolute atomic E-state index is 0.0683. The number of nitrogens with one attached hydrogen (secondary N) is 2. The third-order valence-corrected chi connectivity index (χ3v) is 3.11.